The van der Waals surface area contributed by atoms with E-state index in [0.29, 0.717) is 13.0 Å². The molecule has 3 nitrogen and oxygen atoms in total. The first-order valence-corrected chi connectivity index (χ1v) is 7.46. The molecule has 0 unspecified atom stereocenters. The zero-order valence-corrected chi connectivity index (χ0v) is 12.7. The SMILES string of the molecule is O=C(Cc1ccc(F)cc1F)N(CCO)CCc1ccccc1. The summed E-state index contributed by atoms with van der Waals surface area (Å²) in [6, 6.07) is 12.8. The first kappa shape index (κ1) is 17.1. The van der Waals surface area contributed by atoms with Gasteiger partial charge in [0.25, 0.3) is 0 Å². The second-order valence-corrected chi connectivity index (χ2v) is 5.25. The second kappa shape index (κ2) is 8.39. The van der Waals surface area contributed by atoms with E-state index in [2.05, 4.69) is 0 Å². The van der Waals surface area contributed by atoms with Crippen LogP contribution in [0.5, 0.6) is 0 Å². The number of aliphatic hydroxyl groups is 1. The summed E-state index contributed by atoms with van der Waals surface area (Å²) in [6.07, 6.45) is 0.499. The smallest absolute Gasteiger partial charge is 0.227 e. The molecule has 0 bridgehead atoms. The molecule has 0 aliphatic carbocycles. The molecule has 0 saturated heterocycles. The average molecular weight is 319 g/mol. The lowest BCUT2D eigenvalue weighted by atomic mass is 10.1. The molecule has 0 atom stereocenters. The molecule has 0 heterocycles. The Labute approximate surface area is 134 Å². The fourth-order valence-corrected chi connectivity index (χ4v) is 2.33. The standard InChI is InChI=1S/C18H19F2NO2/c19-16-7-6-15(17(20)13-16)12-18(23)21(10-11-22)9-8-14-4-2-1-3-5-14/h1-7,13,22H,8-12H2. The Hall–Kier alpha value is -2.27. The average Bonchev–Trinajstić information content (AvgIpc) is 2.55. The lowest BCUT2D eigenvalue weighted by Crippen LogP contribution is -2.36. The van der Waals surface area contributed by atoms with E-state index in [1.54, 1.807) is 0 Å². The third-order valence-electron chi connectivity index (χ3n) is 3.59. The van der Waals surface area contributed by atoms with E-state index in [1.165, 1.54) is 11.0 Å². The molecule has 1 amide bonds. The molecule has 2 rings (SSSR count). The van der Waals surface area contributed by atoms with E-state index in [0.717, 1.165) is 17.7 Å². The summed E-state index contributed by atoms with van der Waals surface area (Å²) in [4.78, 5) is 13.8. The summed E-state index contributed by atoms with van der Waals surface area (Å²) in [5.74, 6) is -1.69. The van der Waals surface area contributed by atoms with Crippen molar-refractivity contribution in [1.29, 1.82) is 0 Å². The van der Waals surface area contributed by atoms with Crippen molar-refractivity contribution >= 4 is 5.91 Å². The minimum atomic E-state index is -0.731. The predicted molar refractivity (Wildman–Crippen MR) is 83.9 cm³/mol. The Kier molecular flexibility index (Phi) is 6.23. The van der Waals surface area contributed by atoms with E-state index in [4.69, 9.17) is 5.11 Å². The van der Waals surface area contributed by atoms with Crippen molar-refractivity contribution in [3.05, 3.63) is 71.3 Å². The van der Waals surface area contributed by atoms with Gasteiger partial charge in [-0.2, -0.15) is 0 Å². The summed E-state index contributed by atoms with van der Waals surface area (Å²) < 4.78 is 26.6. The van der Waals surface area contributed by atoms with Gasteiger partial charge in [0.15, 0.2) is 0 Å². The molecule has 2 aromatic rings. The minimum absolute atomic E-state index is 0.152. The molecule has 0 aliphatic heterocycles. The van der Waals surface area contributed by atoms with Crippen LogP contribution < -0.4 is 0 Å². The number of carbonyl (C=O) groups excluding carboxylic acids is 1. The highest BCUT2D eigenvalue weighted by Crippen LogP contribution is 2.12. The number of benzene rings is 2. The lowest BCUT2D eigenvalue weighted by Gasteiger charge is -2.22. The Morgan fingerprint density at radius 1 is 1.04 bits per heavy atom. The summed E-state index contributed by atoms with van der Waals surface area (Å²) in [7, 11) is 0. The first-order chi connectivity index (χ1) is 11.1. The predicted octanol–water partition coefficient (Wildman–Crippen LogP) is 2.57. The molecule has 0 radical (unpaired) electrons. The Bertz CT molecular complexity index is 647. The van der Waals surface area contributed by atoms with Crippen LogP contribution >= 0.6 is 0 Å². The van der Waals surface area contributed by atoms with Crippen LogP contribution in [-0.2, 0) is 17.6 Å². The molecular formula is C18H19F2NO2. The van der Waals surface area contributed by atoms with Crippen LogP contribution in [0.15, 0.2) is 48.5 Å². The molecule has 1 N–H and O–H groups in total. The van der Waals surface area contributed by atoms with Crippen molar-refractivity contribution in [3.8, 4) is 0 Å². The van der Waals surface area contributed by atoms with Crippen LogP contribution in [0.2, 0.25) is 0 Å². The number of hydrogen-bond acceptors (Lipinski definition) is 2. The summed E-state index contributed by atoms with van der Waals surface area (Å²) in [5, 5.41) is 9.12. The van der Waals surface area contributed by atoms with Gasteiger partial charge >= 0.3 is 0 Å². The van der Waals surface area contributed by atoms with Crippen LogP contribution in [0.1, 0.15) is 11.1 Å². The molecule has 5 heteroatoms. The molecule has 0 aromatic heterocycles. The summed E-state index contributed by atoms with van der Waals surface area (Å²) in [5.41, 5.74) is 1.23. The quantitative estimate of drug-likeness (QED) is 0.852. The van der Waals surface area contributed by atoms with Gasteiger partial charge in [-0.3, -0.25) is 4.79 Å². The van der Waals surface area contributed by atoms with Crippen LogP contribution in [0.25, 0.3) is 0 Å². The number of halogens is 2. The highest BCUT2D eigenvalue weighted by Gasteiger charge is 2.16. The third-order valence-corrected chi connectivity index (χ3v) is 3.59. The Balaban J connectivity index is 2.00. The van der Waals surface area contributed by atoms with E-state index >= 15 is 0 Å². The van der Waals surface area contributed by atoms with Crippen molar-refractivity contribution in [3.63, 3.8) is 0 Å². The van der Waals surface area contributed by atoms with Crippen molar-refractivity contribution in [2.45, 2.75) is 12.8 Å². The zero-order valence-electron chi connectivity index (χ0n) is 12.7. The van der Waals surface area contributed by atoms with Crippen LogP contribution in [0, 0.1) is 11.6 Å². The highest BCUT2D eigenvalue weighted by atomic mass is 19.1. The van der Waals surface area contributed by atoms with Crippen molar-refractivity contribution in [2.24, 2.45) is 0 Å². The number of amides is 1. The zero-order chi connectivity index (χ0) is 16.7. The van der Waals surface area contributed by atoms with Gasteiger partial charge in [-0.1, -0.05) is 36.4 Å². The van der Waals surface area contributed by atoms with Crippen LogP contribution in [-0.4, -0.2) is 35.6 Å². The maximum absolute atomic E-state index is 13.7. The minimum Gasteiger partial charge on any atom is -0.395 e. The van der Waals surface area contributed by atoms with Crippen molar-refractivity contribution in [2.75, 3.05) is 19.7 Å². The number of carbonyl (C=O) groups is 1. The molecule has 0 fully saturated rings. The van der Waals surface area contributed by atoms with E-state index in [9.17, 15) is 13.6 Å². The largest absolute Gasteiger partial charge is 0.395 e. The molecular weight excluding hydrogens is 300 g/mol. The van der Waals surface area contributed by atoms with Crippen molar-refractivity contribution < 1.29 is 18.7 Å². The van der Waals surface area contributed by atoms with Gasteiger partial charge < -0.3 is 10.0 Å². The molecule has 0 saturated carbocycles. The Morgan fingerprint density at radius 2 is 1.78 bits per heavy atom. The molecule has 0 spiro atoms. The van der Waals surface area contributed by atoms with Crippen molar-refractivity contribution in [1.82, 2.24) is 4.90 Å². The number of hydrogen-bond donors (Lipinski definition) is 1. The maximum atomic E-state index is 13.7. The van der Waals surface area contributed by atoms with E-state index in [-0.39, 0.29) is 31.0 Å². The fourth-order valence-electron chi connectivity index (χ4n) is 2.33. The highest BCUT2D eigenvalue weighted by molar-refractivity contribution is 5.78. The van der Waals surface area contributed by atoms with Gasteiger partial charge in [-0.25, -0.2) is 8.78 Å². The number of nitrogens with zero attached hydrogens (tertiary/aromatic N) is 1. The normalized spacial score (nSPS) is 10.6. The monoisotopic (exact) mass is 319 g/mol. The van der Waals surface area contributed by atoms with Crippen LogP contribution in [0.3, 0.4) is 0 Å². The number of aliphatic hydroxyl groups excluding tert-OH is 1. The first-order valence-electron chi connectivity index (χ1n) is 7.46. The lowest BCUT2D eigenvalue weighted by molar-refractivity contribution is -0.131. The molecule has 2 aromatic carbocycles. The maximum Gasteiger partial charge on any atom is 0.227 e. The van der Waals surface area contributed by atoms with Gasteiger partial charge in [-0.05, 0) is 23.6 Å². The van der Waals surface area contributed by atoms with E-state index in [1.807, 2.05) is 30.3 Å². The fraction of sp³-hybridized carbons (Fsp3) is 0.278. The summed E-state index contributed by atoms with van der Waals surface area (Å²) in [6.45, 7) is 0.465. The van der Waals surface area contributed by atoms with Gasteiger partial charge in [0, 0.05) is 19.2 Å². The summed E-state index contributed by atoms with van der Waals surface area (Å²) >= 11 is 0. The number of rotatable bonds is 7. The van der Waals surface area contributed by atoms with Gasteiger partial charge in [-0.15, -0.1) is 0 Å². The van der Waals surface area contributed by atoms with Gasteiger partial charge in [0.1, 0.15) is 11.6 Å². The third kappa shape index (κ3) is 5.14. The van der Waals surface area contributed by atoms with Crippen LogP contribution in [0.4, 0.5) is 8.78 Å². The topological polar surface area (TPSA) is 40.5 Å². The van der Waals surface area contributed by atoms with Gasteiger partial charge in [0.2, 0.25) is 5.91 Å². The van der Waals surface area contributed by atoms with Gasteiger partial charge in [0.05, 0.1) is 13.0 Å². The second-order valence-electron chi connectivity index (χ2n) is 5.25. The molecule has 0 aliphatic rings. The molecule has 122 valence electrons. The van der Waals surface area contributed by atoms with E-state index < -0.39 is 11.6 Å². The molecule has 23 heavy (non-hydrogen) atoms. The Morgan fingerprint density at radius 3 is 2.43 bits per heavy atom.